The number of rotatable bonds is 6. The van der Waals surface area contributed by atoms with Crippen LogP contribution in [0.25, 0.3) is 0 Å². The molecule has 1 atom stereocenters. The molecule has 1 aromatic carbocycles. The van der Waals surface area contributed by atoms with Crippen molar-refractivity contribution in [2.24, 2.45) is 11.7 Å². The predicted octanol–water partition coefficient (Wildman–Crippen LogP) is 2.12. The minimum absolute atomic E-state index is 0.292. The summed E-state index contributed by atoms with van der Waals surface area (Å²) in [6.45, 7) is 2.28. The van der Waals surface area contributed by atoms with Gasteiger partial charge in [0, 0.05) is 0 Å². The quantitative estimate of drug-likeness (QED) is 0.799. The molecule has 0 saturated heterocycles. The lowest BCUT2D eigenvalue weighted by Gasteiger charge is -2.13. The molecule has 4 heteroatoms. The zero-order chi connectivity index (χ0) is 12.8. The van der Waals surface area contributed by atoms with Crippen molar-refractivity contribution >= 4 is 5.97 Å². The maximum Gasteiger partial charge on any atom is 0.306 e. The number of nitrogens with two attached hydrogens (primary N) is 1. The molecule has 0 aliphatic heterocycles. The van der Waals surface area contributed by atoms with E-state index in [-0.39, 0.29) is 5.82 Å². The van der Waals surface area contributed by atoms with E-state index in [0.717, 1.165) is 11.1 Å². The fourth-order valence-electron chi connectivity index (χ4n) is 1.83. The molecular formula is C13H18FNO2. The second-order valence-corrected chi connectivity index (χ2v) is 4.24. The van der Waals surface area contributed by atoms with Gasteiger partial charge in [-0.25, -0.2) is 4.39 Å². The summed E-state index contributed by atoms with van der Waals surface area (Å²) >= 11 is 0. The maximum absolute atomic E-state index is 12.9. The third-order valence-electron chi connectivity index (χ3n) is 2.88. The summed E-state index contributed by atoms with van der Waals surface area (Å²) < 4.78 is 12.9. The van der Waals surface area contributed by atoms with Crippen molar-refractivity contribution in [3.05, 3.63) is 35.1 Å². The molecule has 17 heavy (non-hydrogen) atoms. The van der Waals surface area contributed by atoms with Crippen LogP contribution in [0.2, 0.25) is 0 Å². The van der Waals surface area contributed by atoms with Crippen LogP contribution in [0, 0.1) is 18.7 Å². The van der Waals surface area contributed by atoms with Crippen LogP contribution >= 0.6 is 0 Å². The summed E-state index contributed by atoms with van der Waals surface area (Å²) in [5, 5.41) is 9.09. The van der Waals surface area contributed by atoms with Gasteiger partial charge < -0.3 is 10.8 Å². The molecule has 0 aromatic heterocycles. The van der Waals surface area contributed by atoms with E-state index in [4.69, 9.17) is 10.8 Å². The number of benzene rings is 1. The molecule has 0 spiro atoms. The maximum atomic E-state index is 12.9. The number of aryl methyl sites for hydroxylation is 1. The highest BCUT2D eigenvalue weighted by molar-refractivity contribution is 5.70. The first-order chi connectivity index (χ1) is 8.04. The van der Waals surface area contributed by atoms with Crippen molar-refractivity contribution < 1.29 is 14.3 Å². The highest BCUT2D eigenvalue weighted by Crippen LogP contribution is 2.18. The largest absolute Gasteiger partial charge is 0.481 e. The summed E-state index contributed by atoms with van der Waals surface area (Å²) in [6.07, 6.45) is 1.68. The number of hydrogen-bond acceptors (Lipinski definition) is 2. The lowest BCUT2D eigenvalue weighted by molar-refractivity contribution is -0.141. The van der Waals surface area contributed by atoms with Crippen LogP contribution in [0.4, 0.5) is 4.39 Å². The Hall–Kier alpha value is -1.42. The van der Waals surface area contributed by atoms with Gasteiger partial charge in [-0.05, 0) is 56.0 Å². The van der Waals surface area contributed by atoms with Crippen LogP contribution in [0.3, 0.4) is 0 Å². The van der Waals surface area contributed by atoms with Crippen molar-refractivity contribution in [1.82, 2.24) is 0 Å². The van der Waals surface area contributed by atoms with Gasteiger partial charge in [-0.15, -0.1) is 0 Å². The first-order valence-corrected chi connectivity index (χ1v) is 5.72. The molecule has 0 radical (unpaired) electrons. The third-order valence-corrected chi connectivity index (χ3v) is 2.88. The van der Waals surface area contributed by atoms with E-state index < -0.39 is 11.9 Å². The molecule has 0 fully saturated rings. The Labute approximate surface area is 100 Å². The van der Waals surface area contributed by atoms with E-state index in [1.807, 2.05) is 0 Å². The molecule has 0 heterocycles. The molecule has 0 aliphatic carbocycles. The van der Waals surface area contributed by atoms with E-state index in [1.165, 1.54) is 12.1 Å². The smallest absolute Gasteiger partial charge is 0.306 e. The van der Waals surface area contributed by atoms with Gasteiger partial charge in [-0.2, -0.15) is 0 Å². The Kier molecular flexibility index (Phi) is 5.10. The molecule has 94 valence electrons. The van der Waals surface area contributed by atoms with Crippen LogP contribution in [0.5, 0.6) is 0 Å². The summed E-state index contributed by atoms with van der Waals surface area (Å²) in [6, 6.07) is 4.45. The van der Waals surface area contributed by atoms with Crippen molar-refractivity contribution in [3.63, 3.8) is 0 Å². The molecule has 0 amide bonds. The lowest BCUT2D eigenvalue weighted by atomic mass is 9.92. The molecule has 0 bridgehead atoms. The molecule has 1 aromatic rings. The summed E-state index contributed by atoms with van der Waals surface area (Å²) in [5.74, 6) is -1.55. The molecule has 1 rings (SSSR count). The van der Waals surface area contributed by atoms with Crippen LogP contribution in [0.15, 0.2) is 18.2 Å². The van der Waals surface area contributed by atoms with Crippen molar-refractivity contribution in [2.45, 2.75) is 26.2 Å². The third kappa shape index (κ3) is 4.15. The summed E-state index contributed by atoms with van der Waals surface area (Å²) in [7, 11) is 0. The first kappa shape index (κ1) is 13.6. The second kappa shape index (κ2) is 6.35. The Balaban J connectivity index is 2.75. The summed E-state index contributed by atoms with van der Waals surface area (Å²) in [4.78, 5) is 11.1. The molecule has 1 unspecified atom stereocenters. The van der Waals surface area contributed by atoms with Crippen molar-refractivity contribution in [2.75, 3.05) is 6.54 Å². The Morgan fingerprint density at radius 1 is 1.53 bits per heavy atom. The summed E-state index contributed by atoms with van der Waals surface area (Å²) in [5.41, 5.74) is 7.06. The fraction of sp³-hybridized carbons (Fsp3) is 0.462. The van der Waals surface area contributed by atoms with Crippen molar-refractivity contribution in [1.29, 1.82) is 0 Å². The van der Waals surface area contributed by atoms with E-state index in [1.54, 1.807) is 13.0 Å². The number of aliphatic carboxylic acids is 1. The molecule has 3 N–H and O–H groups in total. The van der Waals surface area contributed by atoms with E-state index in [0.29, 0.717) is 25.8 Å². The van der Waals surface area contributed by atoms with Gasteiger partial charge in [-0.3, -0.25) is 4.79 Å². The first-order valence-electron chi connectivity index (χ1n) is 5.72. The van der Waals surface area contributed by atoms with Gasteiger partial charge in [-0.1, -0.05) is 6.07 Å². The standard InChI is InChI=1S/C13H18FNO2/c1-9-7-12(14)5-4-10(9)8-11(13(16)17)3-2-6-15/h4-5,7,11H,2-3,6,8,15H2,1H3,(H,16,17). The topological polar surface area (TPSA) is 63.3 Å². The van der Waals surface area contributed by atoms with Gasteiger partial charge in [0.2, 0.25) is 0 Å². The monoisotopic (exact) mass is 239 g/mol. The second-order valence-electron chi connectivity index (χ2n) is 4.24. The normalized spacial score (nSPS) is 12.4. The number of halogens is 1. The van der Waals surface area contributed by atoms with E-state index in [9.17, 15) is 9.18 Å². The van der Waals surface area contributed by atoms with Gasteiger partial charge in [0.05, 0.1) is 5.92 Å². The average molecular weight is 239 g/mol. The average Bonchev–Trinajstić information content (AvgIpc) is 2.26. The van der Waals surface area contributed by atoms with Crippen LogP contribution in [0.1, 0.15) is 24.0 Å². The number of carbonyl (C=O) groups is 1. The fourth-order valence-corrected chi connectivity index (χ4v) is 1.83. The molecule has 3 nitrogen and oxygen atoms in total. The predicted molar refractivity (Wildman–Crippen MR) is 64.3 cm³/mol. The minimum Gasteiger partial charge on any atom is -0.481 e. The van der Waals surface area contributed by atoms with Gasteiger partial charge in [0.15, 0.2) is 0 Å². The minimum atomic E-state index is -0.817. The molecular weight excluding hydrogens is 221 g/mol. The Morgan fingerprint density at radius 2 is 2.24 bits per heavy atom. The van der Waals surface area contributed by atoms with Crippen LogP contribution in [-0.4, -0.2) is 17.6 Å². The Morgan fingerprint density at radius 3 is 2.76 bits per heavy atom. The van der Waals surface area contributed by atoms with Crippen LogP contribution in [-0.2, 0) is 11.2 Å². The Bertz CT molecular complexity index is 393. The van der Waals surface area contributed by atoms with Gasteiger partial charge in [0.1, 0.15) is 5.82 Å². The van der Waals surface area contributed by atoms with E-state index >= 15 is 0 Å². The van der Waals surface area contributed by atoms with E-state index in [2.05, 4.69) is 0 Å². The zero-order valence-corrected chi connectivity index (χ0v) is 9.95. The number of carboxylic acid groups (broad SMARTS) is 1. The van der Waals surface area contributed by atoms with Gasteiger partial charge in [0.25, 0.3) is 0 Å². The van der Waals surface area contributed by atoms with Crippen molar-refractivity contribution in [3.8, 4) is 0 Å². The molecule has 0 saturated carbocycles. The van der Waals surface area contributed by atoms with Crippen LogP contribution < -0.4 is 5.73 Å². The van der Waals surface area contributed by atoms with Gasteiger partial charge >= 0.3 is 5.97 Å². The SMILES string of the molecule is Cc1cc(F)ccc1CC(CCCN)C(=O)O. The lowest BCUT2D eigenvalue weighted by Crippen LogP contribution is -2.18. The number of hydrogen-bond donors (Lipinski definition) is 2. The molecule has 0 aliphatic rings. The highest BCUT2D eigenvalue weighted by atomic mass is 19.1. The highest BCUT2D eigenvalue weighted by Gasteiger charge is 2.18. The zero-order valence-electron chi connectivity index (χ0n) is 9.95. The number of carboxylic acids is 1.